The fourth-order valence-electron chi connectivity index (χ4n) is 7.74. The number of hydrogen-bond donors (Lipinski definition) is 0. The lowest BCUT2D eigenvalue weighted by molar-refractivity contribution is -0.142. The molecule has 0 saturated heterocycles. The molecule has 0 N–H and O–H groups in total. The molecule has 0 bridgehead atoms. The smallest absolute Gasteiger partial charge is 0.435 e. The third kappa shape index (κ3) is 11.4. The molecule has 2 aliphatic rings. The van der Waals surface area contributed by atoms with E-state index in [1.54, 1.807) is 81.8 Å². The Bertz CT molecular complexity index is 3240. The molecule has 0 spiro atoms. The van der Waals surface area contributed by atoms with E-state index in [-0.39, 0.29) is 19.1 Å². The van der Waals surface area contributed by atoms with Crippen molar-refractivity contribution in [2.75, 3.05) is 21.3 Å². The van der Waals surface area contributed by atoms with Crippen LogP contribution in [-0.4, -0.2) is 76.0 Å². The van der Waals surface area contributed by atoms with E-state index in [0.717, 1.165) is 60.3 Å². The second-order valence-corrected chi connectivity index (χ2v) is 17.0. The Morgan fingerprint density at radius 2 is 1.15 bits per heavy atom. The van der Waals surface area contributed by atoms with Gasteiger partial charge in [-0.05, 0) is 80.5 Å². The van der Waals surface area contributed by atoms with Crippen LogP contribution in [0.1, 0.15) is 82.7 Å². The van der Waals surface area contributed by atoms with Crippen molar-refractivity contribution in [3.8, 4) is 69.0 Å². The third-order valence-corrected chi connectivity index (χ3v) is 11.8. The molecule has 0 radical (unpaired) electrons. The molecule has 2 aromatic carbocycles. The molecular formula is C51H45F6N11O5. The maximum absolute atomic E-state index is 13.1. The van der Waals surface area contributed by atoms with Gasteiger partial charge in [-0.2, -0.15) is 41.4 Å². The number of pyridine rings is 1. The Hall–Kier alpha value is -8.30. The van der Waals surface area contributed by atoms with Crippen LogP contribution >= 0.6 is 0 Å². The Kier molecular flexibility index (Phi) is 14.2. The minimum Gasteiger partial charge on any atom is -0.490 e. The maximum atomic E-state index is 13.1. The lowest BCUT2D eigenvalue weighted by Crippen LogP contribution is -2.09. The van der Waals surface area contributed by atoms with Crippen molar-refractivity contribution >= 4 is 0 Å². The predicted molar refractivity (Wildman–Crippen MR) is 251 cm³/mol. The summed E-state index contributed by atoms with van der Waals surface area (Å²) in [7, 11) is 4.56. The van der Waals surface area contributed by atoms with Crippen molar-refractivity contribution in [1.82, 2.24) is 54.6 Å². The van der Waals surface area contributed by atoms with Crippen LogP contribution in [0.2, 0.25) is 0 Å². The fraction of sp³-hybridized carbons (Fsp3) is 0.294. The van der Waals surface area contributed by atoms with Gasteiger partial charge in [-0.1, -0.05) is 42.5 Å². The minimum absolute atomic E-state index is 0.136. The van der Waals surface area contributed by atoms with Crippen LogP contribution in [0.3, 0.4) is 0 Å². The summed E-state index contributed by atoms with van der Waals surface area (Å²) >= 11 is 0. The summed E-state index contributed by atoms with van der Waals surface area (Å²) in [5, 5.41) is 3.68. The molecule has 2 saturated carbocycles. The summed E-state index contributed by atoms with van der Waals surface area (Å²) < 4.78 is 108. The Balaban J connectivity index is 0.000000180. The van der Waals surface area contributed by atoms with E-state index in [4.69, 9.17) is 23.7 Å². The van der Waals surface area contributed by atoms with E-state index >= 15 is 0 Å². The molecule has 0 atom stereocenters. The van der Waals surface area contributed by atoms with Crippen molar-refractivity contribution in [3.63, 3.8) is 0 Å². The van der Waals surface area contributed by atoms with Gasteiger partial charge in [0.05, 0.1) is 50.3 Å². The average molecular weight is 1010 g/mol. The molecule has 16 nitrogen and oxygen atoms in total. The fourth-order valence-corrected chi connectivity index (χ4v) is 7.74. The van der Waals surface area contributed by atoms with E-state index in [1.165, 1.54) is 43.8 Å². The molecule has 2 fully saturated rings. The number of methoxy groups -OCH3 is 3. The number of alkyl halides is 6. The molecule has 6 aromatic heterocycles. The van der Waals surface area contributed by atoms with E-state index < -0.39 is 23.7 Å². The largest absolute Gasteiger partial charge is 0.490 e. The van der Waals surface area contributed by atoms with Crippen molar-refractivity contribution in [1.29, 1.82) is 0 Å². The van der Waals surface area contributed by atoms with Crippen molar-refractivity contribution in [3.05, 3.63) is 143 Å². The van der Waals surface area contributed by atoms with Gasteiger partial charge in [-0.25, -0.2) is 39.6 Å². The highest BCUT2D eigenvalue weighted by molar-refractivity contribution is 5.68. The van der Waals surface area contributed by atoms with Crippen LogP contribution in [0.15, 0.2) is 97.8 Å². The van der Waals surface area contributed by atoms with E-state index in [2.05, 4.69) is 50.0 Å². The van der Waals surface area contributed by atoms with Gasteiger partial charge in [0.1, 0.15) is 42.7 Å². The zero-order valence-corrected chi connectivity index (χ0v) is 39.9. The van der Waals surface area contributed by atoms with Crippen LogP contribution < -0.4 is 23.7 Å². The maximum Gasteiger partial charge on any atom is 0.435 e. The predicted octanol–water partition coefficient (Wildman–Crippen LogP) is 10.7. The number of aromatic nitrogens is 11. The van der Waals surface area contributed by atoms with Gasteiger partial charge in [0.2, 0.25) is 17.6 Å². The number of halogens is 6. The van der Waals surface area contributed by atoms with Crippen LogP contribution in [0.5, 0.6) is 29.3 Å². The Morgan fingerprint density at radius 3 is 1.70 bits per heavy atom. The van der Waals surface area contributed by atoms with Gasteiger partial charge < -0.3 is 23.7 Å². The van der Waals surface area contributed by atoms with Crippen LogP contribution in [-0.2, 0) is 25.6 Å². The number of hydrogen-bond acceptors (Lipinski definition) is 15. The van der Waals surface area contributed by atoms with E-state index in [0.29, 0.717) is 86.2 Å². The number of nitrogens with zero attached hydrogens (tertiary/aromatic N) is 11. The number of ether oxygens (including phenoxy) is 5. The first-order chi connectivity index (χ1) is 35.1. The summed E-state index contributed by atoms with van der Waals surface area (Å²) in [6.45, 7) is 3.65. The molecule has 73 heavy (non-hydrogen) atoms. The van der Waals surface area contributed by atoms with Crippen molar-refractivity contribution < 1.29 is 50.0 Å². The van der Waals surface area contributed by atoms with Gasteiger partial charge in [-0.15, -0.1) is 0 Å². The lowest BCUT2D eigenvalue weighted by Gasteiger charge is -2.14. The normalized spacial score (nSPS) is 13.5. The van der Waals surface area contributed by atoms with Crippen molar-refractivity contribution in [2.45, 2.75) is 76.9 Å². The zero-order chi connectivity index (χ0) is 51.4. The van der Waals surface area contributed by atoms with Gasteiger partial charge >= 0.3 is 12.4 Å². The second-order valence-electron chi connectivity index (χ2n) is 17.0. The monoisotopic (exact) mass is 1010 g/mol. The number of rotatable bonds is 15. The highest BCUT2D eigenvalue weighted by Gasteiger charge is 2.36. The molecule has 0 unspecified atom stereocenters. The van der Waals surface area contributed by atoms with Crippen LogP contribution in [0.25, 0.3) is 39.7 Å². The van der Waals surface area contributed by atoms with E-state index in [1.807, 2.05) is 0 Å². The van der Waals surface area contributed by atoms with Gasteiger partial charge in [-0.3, -0.25) is 0 Å². The molecular weight excluding hydrogens is 961 g/mol. The summed E-state index contributed by atoms with van der Waals surface area (Å²) in [4.78, 5) is 39.0. The van der Waals surface area contributed by atoms with E-state index in [9.17, 15) is 26.3 Å². The number of benzene rings is 2. The topological polar surface area (TPSA) is 180 Å². The molecule has 10 rings (SSSR count). The first-order valence-electron chi connectivity index (χ1n) is 22.8. The highest BCUT2D eigenvalue weighted by atomic mass is 19.4. The zero-order valence-electron chi connectivity index (χ0n) is 39.9. The Labute approximate surface area is 413 Å². The second kappa shape index (κ2) is 20.8. The Morgan fingerprint density at radius 1 is 0.575 bits per heavy atom. The summed E-state index contributed by atoms with van der Waals surface area (Å²) in [6.07, 6.45) is 1.22. The van der Waals surface area contributed by atoms with Crippen molar-refractivity contribution in [2.24, 2.45) is 0 Å². The third-order valence-electron chi connectivity index (χ3n) is 11.8. The molecule has 22 heteroatoms. The molecule has 8 aromatic rings. The summed E-state index contributed by atoms with van der Waals surface area (Å²) in [5.74, 6) is 3.17. The molecule has 0 amide bonds. The van der Waals surface area contributed by atoms with Gasteiger partial charge in [0, 0.05) is 35.4 Å². The first-order valence-corrected chi connectivity index (χ1v) is 22.8. The summed E-state index contributed by atoms with van der Waals surface area (Å²) in [6, 6.07) is 19.0. The molecule has 376 valence electrons. The van der Waals surface area contributed by atoms with Gasteiger partial charge in [0.25, 0.3) is 5.88 Å². The molecule has 0 aliphatic heterocycles. The lowest BCUT2D eigenvalue weighted by atomic mass is 10.0. The molecule has 6 heterocycles. The average Bonchev–Trinajstić information content (AvgIpc) is 4.35. The quantitative estimate of drug-likeness (QED) is 0.0885. The molecule has 2 aliphatic carbocycles. The number of aryl methyl sites for hydroxylation is 2. The van der Waals surface area contributed by atoms with Crippen LogP contribution in [0, 0.1) is 13.8 Å². The standard InChI is InChI=1S/C26H22F3N5O2.C25H23F3N6O3/c1-15-3-10-19(26(27,28)29)33-22(15)17-6-4-16(5-7-17)13-36-20-11-12-30-24(34-20)21-23(18-8-9-18)31-14-32-25(21)35-2;1-14-10-19(25(26,27)28)33-34(14)17-8-4-15(5-9-17)12-37-23-18(35-2)11-29-22(32-23)20-21(16-6-7-16)30-13-31-24(20)36-3/h3-7,10-12,14,18H,8-9,13H2,1-2H3;4-5,8-11,13,16H,6-7,12H2,1-3H3. The van der Waals surface area contributed by atoms with Gasteiger partial charge in [0.15, 0.2) is 23.1 Å². The highest BCUT2D eigenvalue weighted by Crippen LogP contribution is 2.46. The van der Waals surface area contributed by atoms with Crippen LogP contribution in [0.4, 0.5) is 26.3 Å². The SMILES string of the molecule is COc1cnc(-c2c(OC)ncnc2C2CC2)nc1OCc1ccc(-n2nc(C(F)(F)F)cc2C)cc1.COc1ncnc(C2CC2)c1-c1nccc(OCc2ccc(-c3nc(C(F)(F)F)ccc3C)cc2)n1. The summed E-state index contributed by atoms with van der Waals surface area (Å²) in [5.41, 5.74) is 5.16. The first kappa shape index (κ1) is 49.7. The minimum atomic E-state index is -4.51.